The molecule has 0 aliphatic heterocycles. The minimum Gasteiger partial charge on any atom is -0.347 e. The van der Waals surface area contributed by atoms with E-state index in [2.05, 4.69) is 10.6 Å². The Morgan fingerprint density at radius 1 is 1.08 bits per heavy atom. The molecule has 0 spiro atoms. The summed E-state index contributed by atoms with van der Waals surface area (Å²) in [4.78, 5) is 26.8. The number of nitrogens with two attached hydrogens (primary N) is 1. The highest BCUT2D eigenvalue weighted by molar-refractivity contribution is 5.89. The monoisotopic (exact) mass is 362 g/mol. The van der Waals surface area contributed by atoms with Crippen molar-refractivity contribution in [2.75, 3.05) is 20.6 Å². The van der Waals surface area contributed by atoms with Gasteiger partial charge in [-0.3, -0.25) is 9.59 Å². The third-order valence-corrected chi connectivity index (χ3v) is 4.14. The van der Waals surface area contributed by atoms with Gasteiger partial charge in [-0.05, 0) is 37.8 Å². The van der Waals surface area contributed by atoms with Crippen molar-refractivity contribution in [1.29, 1.82) is 0 Å². The molecule has 6 nitrogen and oxygen atoms in total. The van der Waals surface area contributed by atoms with Crippen LogP contribution in [0.2, 0.25) is 0 Å². The number of likely N-dealkylation sites (N-methyl/N-ethyl adjacent to an activating group) is 1. The summed E-state index contributed by atoms with van der Waals surface area (Å²) in [5.41, 5.74) is 6.63. The van der Waals surface area contributed by atoms with Crippen LogP contribution in [0, 0.1) is 0 Å². The minimum absolute atomic E-state index is 0.0848. The summed E-state index contributed by atoms with van der Waals surface area (Å²) in [6.07, 6.45) is 2.82. The van der Waals surface area contributed by atoms with Gasteiger partial charge in [-0.15, -0.1) is 0 Å². The Balaban J connectivity index is 2.83. The molecule has 0 heterocycles. The maximum Gasteiger partial charge on any atom is 0.244 e. The Morgan fingerprint density at radius 2 is 1.73 bits per heavy atom. The lowest BCUT2D eigenvalue weighted by molar-refractivity contribution is -0.135. The summed E-state index contributed by atoms with van der Waals surface area (Å²) < 4.78 is 0. The zero-order valence-electron chi connectivity index (χ0n) is 16.5. The molecule has 1 aromatic carbocycles. The fourth-order valence-electron chi connectivity index (χ4n) is 2.81. The van der Waals surface area contributed by atoms with Gasteiger partial charge in [0, 0.05) is 20.1 Å². The molecular weight excluding hydrogens is 328 g/mol. The fourth-order valence-corrected chi connectivity index (χ4v) is 2.81. The number of unbranched alkanes of at least 4 members (excludes halogenated alkanes) is 1. The minimum atomic E-state index is -0.517. The van der Waals surface area contributed by atoms with E-state index < -0.39 is 6.04 Å². The quantitative estimate of drug-likeness (QED) is 0.518. The highest BCUT2D eigenvalue weighted by Gasteiger charge is 2.26. The second kappa shape index (κ2) is 11.6. The third-order valence-electron chi connectivity index (χ3n) is 4.14. The lowest BCUT2D eigenvalue weighted by Crippen LogP contribution is -2.54. The van der Waals surface area contributed by atoms with Crippen molar-refractivity contribution in [2.24, 2.45) is 5.73 Å². The fraction of sp³-hybridized carbons (Fsp3) is 0.600. The lowest BCUT2D eigenvalue weighted by atomic mass is 10.0. The Morgan fingerprint density at radius 3 is 2.27 bits per heavy atom. The smallest absolute Gasteiger partial charge is 0.244 e. The molecule has 0 saturated heterocycles. The summed E-state index contributed by atoms with van der Waals surface area (Å²) >= 11 is 0. The molecule has 0 unspecified atom stereocenters. The van der Waals surface area contributed by atoms with Crippen LogP contribution in [-0.2, 0) is 16.0 Å². The van der Waals surface area contributed by atoms with E-state index in [1.165, 1.54) is 4.90 Å². The molecule has 0 aromatic heterocycles. The van der Waals surface area contributed by atoms with E-state index in [0.29, 0.717) is 19.4 Å². The maximum atomic E-state index is 12.9. The third kappa shape index (κ3) is 7.97. The molecular formula is C20H34N4O2. The van der Waals surface area contributed by atoms with Crippen LogP contribution in [0.15, 0.2) is 30.3 Å². The molecule has 6 heteroatoms. The van der Waals surface area contributed by atoms with Gasteiger partial charge in [-0.1, -0.05) is 44.2 Å². The average molecular weight is 363 g/mol. The highest BCUT2D eigenvalue weighted by Crippen LogP contribution is 2.07. The van der Waals surface area contributed by atoms with E-state index in [1.54, 1.807) is 14.1 Å². The Bertz CT molecular complexity index is 546. The maximum absolute atomic E-state index is 12.9. The predicted molar refractivity (Wildman–Crippen MR) is 106 cm³/mol. The number of benzene rings is 1. The van der Waals surface area contributed by atoms with Crippen molar-refractivity contribution >= 4 is 11.8 Å². The number of amides is 2. The van der Waals surface area contributed by atoms with Crippen molar-refractivity contribution < 1.29 is 9.59 Å². The molecule has 0 radical (unpaired) electrons. The molecule has 1 aromatic rings. The van der Waals surface area contributed by atoms with Crippen molar-refractivity contribution in [2.45, 2.75) is 57.7 Å². The van der Waals surface area contributed by atoms with Gasteiger partial charge in [0.1, 0.15) is 6.04 Å². The molecule has 26 heavy (non-hydrogen) atoms. The van der Waals surface area contributed by atoms with E-state index in [0.717, 1.165) is 18.4 Å². The van der Waals surface area contributed by atoms with Crippen molar-refractivity contribution in [1.82, 2.24) is 15.5 Å². The number of carbonyl (C=O) groups excluding carboxylic acids is 2. The summed E-state index contributed by atoms with van der Waals surface area (Å²) in [5.74, 6) is -0.228. The first-order chi connectivity index (χ1) is 12.3. The normalized spacial score (nSPS) is 13.3. The van der Waals surface area contributed by atoms with Gasteiger partial charge in [0.2, 0.25) is 11.8 Å². The number of rotatable bonds is 11. The second-order valence-corrected chi connectivity index (χ2v) is 7.14. The number of nitrogens with zero attached hydrogens (tertiary/aromatic N) is 1. The van der Waals surface area contributed by atoms with Crippen molar-refractivity contribution in [3.05, 3.63) is 35.9 Å². The van der Waals surface area contributed by atoms with Crippen LogP contribution >= 0.6 is 0 Å². The van der Waals surface area contributed by atoms with Gasteiger partial charge >= 0.3 is 0 Å². The van der Waals surface area contributed by atoms with Crippen LogP contribution in [0.4, 0.5) is 0 Å². The van der Waals surface area contributed by atoms with Gasteiger partial charge in [-0.25, -0.2) is 0 Å². The average Bonchev–Trinajstić information content (AvgIpc) is 2.60. The SMILES string of the molecule is CC(C)N[C@@H](Cc1ccccc1)C(=O)N[C@@H](CCCCN)C(=O)N(C)C. The van der Waals surface area contributed by atoms with Crippen LogP contribution < -0.4 is 16.4 Å². The largest absolute Gasteiger partial charge is 0.347 e. The summed E-state index contributed by atoms with van der Waals surface area (Å²) in [6, 6.07) is 9.15. The molecule has 0 bridgehead atoms. The Hall–Kier alpha value is -1.92. The van der Waals surface area contributed by atoms with Crippen LogP contribution in [-0.4, -0.2) is 55.5 Å². The Kier molecular flexibility index (Phi) is 9.91. The van der Waals surface area contributed by atoms with E-state index >= 15 is 0 Å². The van der Waals surface area contributed by atoms with Crippen LogP contribution in [0.3, 0.4) is 0 Å². The molecule has 0 fully saturated rings. The first kappa shape index (κ1) is 22.1. The van der Waals surface area contributed by atoms with Gasteiger partial charge in [-0.2, -0.15) is 0 Å². The summed E-state index contributed by atoms with van der Waals surface area (Å²) in [6.45, 7) is 4.60. The number of carbonyl (C=O) groups is 2. The van der Waals surface area contributed by atoms with E-state index in [4.69, 9.17) is 5.73 Å². The second-order valence-electron chi connectivity index (χ2n) is 7.14. The number of hydrogen-bond acceptors (Lipinski definition) is 4. The molecule has 4 N–H and O–H groups in total. The first-order valence-corrected chi connectivity index (χ1v) is 9.36. The molecule has 0 saturated carbocycles. The highest BCUT2D eigenvalue weighted by atomic mass is 16.2. The number of hydrogen-bond donors (Lipinski definition) is 3. The standard InChI is InChI=1S/C20H34N4O2/c1-15(2)22-18(14-16-10-6-5-7-11-16)19(25)23-17(12-8-9-13-21)20(26)24(3)4/h5-7,10-11,15,17-18,22H,8-9,12-14,21H2,1-4H3,(H,23,25)/t17-,18-/m0/s1. The van der Waals surface area contributed by atoms with Gasteiger partial charge in [0.15, 0.2) is 0 Å². The predicted octanol–water partition coefficient (Wildman–Crippen LogP) is 1.30. The van der Waals surface area contributed by atoms with E-state index in [-0.39, 0.29) is 23.9 Å². The summed E-state index contributed by atoms with van der Waals surface area (Å²) in [5, 5.41) is 6.26. The zero-order valence-corrected chi connectivity index (χ0v) is 16.5. The van der Waals surface area contributed by atoms with Crippen LogP contribution in [0.1, 0.15) is 38.7 Å². The van der Waals surface area contributed by atoms with Gasteiger partial charge < -0.3 is 21.3 Å². The van der Waals surface area contributed by atoms with Gasteiger partial charge in [0.05, 0.1) is 6.04 Å². The van der Waals surface area contributed by atoms with Crippen molar-refractivity contribution in [3.63, 3.8) is 0 Å². The molecule has 0 aliphatic rings. The van der Waals surface area contributed by atoms with E-state index in [9.17, 15) is 9.59 Å². The van der Waals surface area contributed by atoms with Gasteiger partial charge in [0.25, 0.3) is 0 Å². The van der Waals surface area contributed by atoms with Crippen molar-refractivity contribution in [3.8, 4) is 0 Å². The summed E-state index contributed by atoms with van der Waals surface area (Å²) in [7, 11) is 3.41. The number of nitrogens with one attached hydrogen (secondary N) is 2. The first-order valence-electron chi connectivity index (χ1n) is 9.36. The lowest BCUT2D eigenvalue weighted by Gasteiger charge is -2.26. The Labute approximate surface area is 157 Å². The molecule has 2 atom stereocenters. The molecule has 2 amide bonds. The zero-order chi connectivity index (χ0) is 19.5. The van der Waals surface area contributed by atoms with Crippen LogP contribution in [0.25, 0.3) is 0 Å². The molecule has 1 rings (SSSR count). The topological polar surface area (TPSA) is 87.5 Å². The van der Waals surface area contributed by atoms with E-state index in [1.807, 2.05) is 44.2 Å². The van der Waals surface area contributed by atoms with Crippen LogP contribution in [0.5, 0.6) is 0 Å². The molecule has 146 valence electrons. The molecule has 0 aliphatic carbocycles.